The molecular formula is C14H13BrN2O2. The van der Waals surface area contributed by atoms with Crippen molar-refractivity contribution < 1.29 is 9.90 Å². The highest BCUT2D eigenvalue weighted by Crippen LogP contribution is 2.31. The molecule has 0 unspecified atom stereocenters. The van der Waals surface area contributed by atoms with Crippen LogP contribution in [0.1, 0.15) is 5.56 Å². The summed E-state index contributed by atoms with van der Waals surface area (Å²) in [5.74, 6) is -0.175. The SMILES string of the molecule is Nc1ccc(CC(=O)Nc2cccc(Br)c2O)cc1. The van der Waals surface area contributed by atoms with Gasteiger partial charge in [-0.25, -0.2) is 0 Å². The molecular weight excluding hydrogens is 308 g/mol. The van der Waals surface area contributed by atoms with Crippen LogP contribution >= 0.6 is 15.9 Å². The Morgan fingerprint density at radius 1 is 1.21 bits per heavy atom. The van der Waals surface area contributed by atoms with Crippen LogP contribution in [0.2, 0.25) is 0 Å². The van der Waals surface area contributed by atoms with E-state index in [0.29, 0.717) is 15.8 Å². The molecule has 2 rings (SSSR count). The molecule has 0 aliphatic rings. The molecule has 0 heterocycles. The fourth-order valence-electron chi connectivity index (χ4n) is 1.63. The molecule has 1 amide bonds. The number of carbonyl (C=O) groups is 1. The molecule has 4 N–H and O–H groups in total. The number of phenolic OH excluding ortho intramolecular Hbond substituents is 1. The molecule has 19 heavy (non-hydrogen) atoms. The van der Waals surface area contributed by atoms with Crippen LogP contribution in [0.5, 0.6) is 5.75 Å². The van der Waals surface area contributed by atoms with Gasteiger partial charge in [-0.05, 0) is 45.8 Å². The molecule has 0 aromatic heterocycles. The number of para-hydroxylation sites is 1. The summed E-state index contributed by atoms with van der Waals surface area (Å²) < 4.78 is 0.540. The average molecular weight is 321 g/mol. The molecule has 0 saturated heterocycles. The Morgan fingerprint density at radius 2 is 1.89 bits per heavy atom. The van der Waals surface area contributed by atoms with Crippen LogP contribution in [0, 0.1) is 0 Å². The smallest absolute Gasteiger partial charge is 0.228 e. The van der Waals surface area contributed by atoms with Gasteiger partial charge in [0.2, 0.25) is 5.91 Å². The number of carbonyl (C=O) groups excluding carboxylic acids is 1. The summed E-state index contributed by atoms with van der Waals surface area (Å²) in [6.45, 7) is 0. The topological polar surface area (TPSA) is 75.4 Å². The fourth-order valence-corrected chi connectivity index (χ4v) is 2.00. The first-order chi connectivity index (χ1) is 9.06. The minimum Gasteiger partial charge on any atom is -0.505 e. The first-order valence-corrected chi connectivity index (χ1v) is 6.47. The van der Waals surface area contributed by atoms with Gasteiger partial charge < -0.3 is 16.2 Å². The second-order valence-electron chi connectivity index (χ2n) is 4.10. The van der Waals surface area contributed by atoms with E-state index in [1.54, 1.807) is 42.5 Å². The van der Waals surface area contributed by atoms with Crippen LogP contribution in [0.25, 0.3) is 0 Å². The largest absolute Gasteiger partial charge is 0.505 e. The molecule has 0 atom stereocenters. The summed E-state index contributed by atoms with van der Waals surface area (Å²) >= 11 is 3.20. The standard InChI is InChI=1S/C14H13BrN2O2/c15-11-2-1-3-12(14(11)19)17-13(18)8-9-4-6-10(16)7-5-9/h1-7,19H,8,16H2,(H,17,18). The van der Waals surface area contributed by atoms with E-state index in [2.05, 4.69) is 21.2 Å². The molecule has 0 saturated carbocycles. The number of aromatic hydroxyl groups is 1. The van der Waals surface area contributed by atoms with Crippen molar-refractivity contribution in [2.24, 2.45) is 0 Å². The second kappa shape index (κ2) is 5.75. The monoisotopic (exact) mass is 320 g/mol. The van der Waals surface area contributed by atoms with Crippen molar-refractivity contribution in [1.82, 2.24) is 0 Å². The van der Waals surface area contributed by atoms with E-state index < -0.39 is 0 Å². The van der Waals surface area contributed by atoms with Gasteiger partial charge in [-0.3, -0.25) is 4.79 Å². The Bertz CT molecular complexity index is 597. The summed E-state index contributed by atoms with van der Waals surface area (Å²) in [6.07, 6.45) is 0.228. The minimum absolute atomic E-state index is 0.0214. The van der Waals surface area contributed by atoms with Gasteiger partial charge in [-0.2, -0.15) is 0 Å². The Morgan fingerprint density at radius 3 is 2.58 bits per heavy atom. The number of nitrogens with one attached hydrogen (secondary N) is 1. The van der Waals surface area contributed by atoms with E-state index in [-0.39, 0.29) is 18.1 Å². The average Bonchev–Trinajstić information content (AvgIpc) is 2.38. The lowest BCUT2D eigenvalue weighted by atomic mass is 10.1. The lowest BCUT2D eigenvalue weighted by Crippen LogP contribution is -2.14. The number of halogens is 1. The van der Waals surface area contributed by atoms with E-state index in [0.717, 1.165) is 5.56 Å². The minimum atomic E-state index is -0.196. The fraction of sp³-hybridized carbons (Fsp3) is 0.0714. The summed E-state index contributed by atoms with van der Waals surface area (Å²) in [5, 5.41) is 12.4. The number of hydrogen-bond donors (Lipinski definition) is 3. The quantitative estimate of drug-likeness (QED) is 0.601. The molecule has 4 nitrogen and oxygen atoms in total. The Hall–Kier alpha value is -2.01. The third-order valence-corrected chi connectivity index (χ3v) is 3.25. The van der Waals surface area contributed by atoms with Crippen LogP contribution in [0.3, 0.4) is 0 Å². The maximum absolute atomic E-state index is 11.9. The van der Waals surface area contributed by atoms with Gasteiger partial charge >= 0.3 is 0 Å². The van der Waals surface area contributed by atoms with Crippen molar-refractivity contribution in [2.75, 3.05) is 11.1 Å². The van der Waals surface area contributed by atoms with E-state index in [4.69, 9.17) is 5.73 Å². The lowest BCUT2D eigenvalue weighted by molar-refractivity contribution is -0.115. The molecule has 0 spiro atoms. The molecule has 2 aromatic rings. The highest BCUT2D eigenvalue weighted by molar-refractivity contribution is 9.10. The molecule has 0 aliphatic carbocycles. The number of nitrogens with two attached hydrogens (primary N) is 1. The Labute approximate surface area is 119 Å². The third kappa shape index (κ3) is 3.48. The summed E-state index contributed by atoms with van der Waals surface area (Å²) in [5.41, 5.74) is 7.49. The number of nitrogen functional groups attached to an aromatic ring is 1. The molecule has 2 aromatic carbocycles. The molecule has 0 aliphatic heterocycles. The summed E-state index contributed by atoms with van der Waals surface area (Å²) in [7, 11) is 0. The van der Waals surface area contributed by atoms with Gasteiger partial charge in [0.15, 0.2) is 5.75 Å². The highest BCUT2D eigenvalue weighted by Gasteiger charge is 2.09. The Kier molecular flexibility index (Phi) is 4.06. The number of amides is 1. The number of anilines is 2. The van der Waals surface area contributed by atoms with Gasteiger partial charge in [-0.15, -0.1) is 0 Å². The first kappa shape index (κ1) is 13.4. The number of hydrogen-bond acceptors (Lipinski definition) is 3. The van der Waals surface area contributed by atoms with Gasteiger partial charge in [0, 0.05) is 5.69 Å². The normalized spacial score (nSPS) is 10.2. The highest BCUT2D eigenvalue weighted by atomic mass is 79.9. The van der Waals surface area contributed by atoms with Crippen molar-refractivity contribution in [3.8, 4) is 5.75 Å². The zero-order chi connectivity index (χ0) is 13.8. The van der Waals surface area contributed by atoms with E-state index >= 15 is 0 Å². The number of phenols is 1. The third-order valence-electron chi connectivity index (χ3n) is 2.61. The van der Waals surface area contributed by atoms with Crippen LogP contribution < -0.4 is 11.1 Å². The summed E-state index contributed by atoms with van der Waals surface area (Å²) in [6, 6.07) is 12.2. The number of rotatable bonds is 3. The molecule has 5 heteroatoms. The van der Waals surface area contributed by atoms with Crippen LogP contribution in [-0.2, 0) is 11.2 Å². The zero-order valence-corrected chi connectivity index (χ0v) is 11.6. The van der Waals surface area contributed by atoms with Crippen molar-refractivity contribution in [3.05, 3.63) is 52.5 Å². The zero-order valence-electron chi connectivity index (χ0n) is 10.1. The maximum Gasteiger partial charge on any atom is 0.228 e. The molecule has 0 bridgehead atoms. The molecule has 0 radical (unpaired) electrons. The molecule has 0 fully saturated rings. The first-order valence-electron chi connectivity index (χ1n) is 5.68. The van der Waals surface area contributed by atoms with Crippen LogP contribution in [-0.4, -0.2) is 11.0 Å². The van der Waals surface area contributed by atoms with Gasteiger partial charge in [0.1, 0.15) is 0 Å². The number of benzene rings is 2. The maximum atomic E-state index is 11.9. The van der Waals surface area contributed by atoms with Crippen LogP contribution in [0.15, 0.2) is 46.9 Å². The predicted octanol–water partition coefficient (Wildman–Crippen LogP) is 2.92. The van der Waals surface area contributed by atoms with E-state index in [1.807, 2.05) is 0 Å². The van der Waals surface area contributed by atoms with Gasteiger partial charge in [0.05, 0.1) is 16.6 Å². The van der Waals surface area contributed by atoms with Crippen molar-refractivity contribution in [3.63, 3.8) is 0 Å². The van der Waals surface area contributed by atoms with E-state index in [9.17, 15) is 9.90 Å². The second-order valence-corrected chi connectivity index (χ2v) is 4.96. The Balaban J connectivity index is 2.05. The van der Waals surface area contributed by atoms with Gasteiger partial charge in [0.25, 0.3) is 0 Å². The van der Waals surface area contributed by atoms with Crippen molar-refractivity contribution in [2.45, 2.75) is 6.42 Å². The van der Waals surface area contributed by atoms with Crippen LogP contribution in [0.4, 0.5) is 11.4 Å². The predicted molar refractivity (Wildman–Crippen MR) is 79.0 cm³/mol. The van der Waals surface area contributed by atoms with Gasteiger partial charge in [-0.1, -0.05) is 18.2 Å². The summed E-state index contributed by atoms with van der Waals surface area (Å²) in [4.78, 5) is 11.9. The van der Waals surface area contributed by atoms with E-state index in [1.165, 1.54) is 0 Å². The molecule has 98 valence electrons. The van der Waals surface area contributed by atoms with Crippen molar-refractivity contribution in [1.29, 1.82) is 0 Å². The lowest BCUT2D eigenvalue weighted by Gasteiger charge is -2.08. The van der Waals surface area contributed by atoms with Crippen molar-refractivity contribution >= 4 is 33.2 Å².